The minimum atomic E-state index is 1.10. The predicted octanol–water partition coefficient (Wildman–Crippen LogP) is 16.3. The number of anilines is 6. The van der Waals surface area contributed by atoms with Gasteiger partial charge >= 0.3 is 0 Å². The highest BCUT2D eigenvalue weighted by atomic mass is 15.1. The first-order chi connectivity index (χ1) is 30.3. The van der Waals surface area contributed by atoms with Crippen LogP contribution in [0.1, 0.15) is 0 Å². The third-order valence-corrected chi connectivity index (χ3v) is 12.3. The molecule has 1 aromatic heterocycles. The van der Waals surface area contributed by atoms with Gasteiger partial charge < -0.3 is 14.4 Å². The van der Waals surface area contributed by atoms with Crippen LogP contribution in [0.5, 0.6) is 0 Å². The Balaban J connectivity index is 1.18. The number of fused-ring (bicyclic) bond motifs is 11. The lowest BCUT2D eigenvalue weighted by Gasteiger charge is -2.27. The van der Waals surface area contributed by atoms with Crippen molar-refractivity contribution in [2.24, 2.45) is 0 Å². The number of rotatable bonds is 7. The summed E-state index contributed by atoms with van der Waals surface area (Å²) in [5, 5.41) is 12.4. The maximum absolute atomic E-state index is 2.47. The fraction of sp³-hybridized carbons (Fsp3) is 0. The predicted molar refractivity (Wildman–Crippen MR) is 260 cm³/mol. The molecule has 11 aromatic carbocycles. The molecule has 0 radical (unpaired) electrons. The highest BCUT2D eigenvalue weighted by Crippen LogP contribution is 2.46. The molecule has 0 aliphatic carbocycles. The summed E-state index contributed by atoms with van der Waals surface area (Å²) in [4.78, 5) is 4.72. The number of nitrogens with zero attached hydrogens (tertiary/aromatic N) is 3. The molecule has 3 heteroatoms. The van der Waals surface area contributed by atoms with Gasteiger partial charge in [-0.2, -0.15) is 0 Å². The van der Waals surface area contributed by atoms with Gasteiger partial charge in [0.1, 0.15) is 0 Å². The highest BCUT2D eigenvalue weighted by Gasteiger charge is 2.20. The standard InChI is InChI=1S/C58H39N3/c1-6-18-41(19-7-1)59(42-20-8-2-9-21-42)46-31-33-48-52-36-40-30-35-57-58(50-28-16-17-29-56(50)61(57)45-26-14-5-15-27-45)51(40)39-55(52)49-34-32-47(38-54(49)53(48)37-46)60(43-22-10-3-11-23-43)44-24-12-4-13-25-44/h1-39H. The van der Waals surface area contributed by atoms with Gasteiger partial charge in [0.2, 0.25) is 0 Å². The molecule has 0 bridgehead atoms. The number of para-hydroxylation sites is 6. The van der Waals surface area contributed by atoms with Gasteiger partial charge in [-0.1, -0.05) is 127 Å². The summed E-state index contributed by atoms with van der Waals surface area (Å²) in [6.07, 6.45) is 0. The number of hydrogen-bond acceptors (Lipinski definition) is 2. The van der Waals surface area contributed by atoms with E-state index in [1.807, 2.05) is 0 Å². The largest absolute Gasteiger partial charge is 0.310 e. The van der Waals surface area contributed by atoms with Crippen LogP contribution in [0.15, 0.2) is 237 Å². The lowest BCUT2D eigenvalue weighted by Crippen LogP contribution is -2.10. The molecule has 1 heterocycles. The molecular weight excluding hydrogens is 739 g/mol. The smallest absolute Gasteiger partial charge is 0.0547 e. The summed E-state index contributed by atoms with van der Waals surface area (Å²) in [6.45, 7) is 0. The van der Waals surface area contributed by atoms with Crippen LogP contribution in [0.4, 0.5) is 34.1 Å². The zero-order valence-electron chi connectivity index (χ0n) is 33.4. The van der Waals surface area contributed by atoms with Crippen molar-refractivity contribution < 1.29 is 0 Å². The number of benzene rings is 11. The Morgan fingerprint density at radius 3 is 1.18 bits per heavy atom. The summed E-state index contributed by atoms with van der Waals surface area (Å²) in [6, 6.07) is 85.9. The average molecular weight is 778 g/mol. The van der Waals surface area contributed by atoms with Gasteiger partial charge in [-0.25, -0.2) is 0 Å². The van der Waals surface area contributed by atoms with E-state index in [0.717, 1.165) is 39.8 Å². The molecule has 0 N–H and O–H groups in total. The Labute approximate surface area is 354 Å². The summed E-state index contributed by atoms with van der Waals surface area (Å²) >= 11 is 0. The molecule has 0 saturated carbocycles. The van der Waals surface area contributed by atoms with Crippen molar-refractivity contribution in [2.75, 3.05) is 9.80 Å². The van der Waals surface area contributed by atoms with Crippen molar-refractivity contribution in [3.8, 4) is 5.69 Å². The van der Waals surface area contributed by atoms with Crippen LogP contribution >= 0.6 is 0 Å². The second-order valence-electron chi connectivity index (χ2n) is 15.7. The van der Waals surface area contributed by atoms with Crippen molar-refractivity contribution in [2.45, 2.75) is 0 Å². The van der Waals surface area contributed by atoms with E-state index in [0.29, 0.717) is 0 Å². The molecule has 0 unspecified atom stereocenters. The van der Waals surface area contributed by atoms with Crippen molar-refractivity contribution in [3.05, 3.63) is 237 Å². The van der Waals surface area contributed by atoms with Crippen molar-refractivity contribution in [1.29, 1.82) is 0 Å². The second kappa shape index (κ2) is 14.3. The van der Waals surface area contributed by atoms with E-state index in [9.17, 15) is 0 Å². The molecule has 12 aromatic rings. The van der Waals surface area contributed by atoms with Gasteiger partial charge in [0, 0.05) is 50.6 Å². The molecular formula is C58H39N3. The second-order valence-corrected chi connectivity index (χ2v) is 15.7. The monoisotopic (exact) mass is 777 g/mol. The topological polar surface area (TPSA) is 11.4 Å². The van der Waals surface area contributed by atoms with Crippen LogP contribution in [0, 0.1) is 0 Å². The normalized spacial score (nSPS) is 11.6. The Kier molecular flexibility index (Phi) is 8.17. The maximum atomic E-state index is 2.47. The fourth-order valence-corrected chi connectivity index (χ4v) is 9.60. The molecule has 3 nitrogen and oxygen atoms in total. The number of aromatic nitrogens is 1. The van der Waals surface area contributed by atoms with Gasteiger partial charge in [-0.3, -0.25) is 0 Å². The minimum absolute atomic E-state index is 1.10. The molecule has 0 aliphatic heterocycles. The van der Waals surface area contributed by atoms with Crippen LogP contribution in [0.2, 0.25) is 0 Å². The maximum Gasteiger partial charge on any atom is 0.0547 e. The first-order valence-electron chi connectivity index (χ1n) is 20.9. The first kappa shape index (κ1) is 34.9. The SMILES string of the molecule is c1ccc(N(c2ccccc2)c2ccc3c(c2)c2cc(N(c4ccccc4)c4ccccc4)ccc2c2cc4c(ccc5c4c4ccccc4n5-c4ccccc4)cc32)cc1. The lowest BCUT2D eigenvalue weighted by atomic mass is 9.90. The van der Waals surface area contributed by atoms with Gasteiger partial charge in [0.15, 0.2) is 0 Å². The molecule has 0 aliphatic rings. The Bertz CT molecular complexity index is 3490. The molecule has 0 saturated heterocycles. The van der Waals surface area contributed by atoms with Gasteiger partial charge in [0.25, 0.3) is 0 Å². The van der Waals surface area contributed by atoms with E-state index < -0.39 is 0 Å². The van der Waals surface area contributed by atoms with E-state index in [1.54, 1.807) is 0 Å². The quantitative estimate of drug-likeness (QED) is 0.118. The van der Waals surface area contributed by atoms with Crippen molar-refractivity contribution in [3.63, 3.8) is 0 Å². The Hall–Kier alpha value is -8.14. The van der Waals surface area contributed by atoms with Crippen LogP contribution in [0.25, 0.3) is 70.6 Å². The van der Waals surface area contributed by atoms with Crippen LogP contribution in [-0.4, -0.2) is 4.57 Å². The molecule has 0 atom stereocenters. The van der Waals surface area contributed by atoms with E-state index in [4.69, 9.17) is 0 Å². The molecule has 0 fully saturated rings. The van der Waals surface area contributed by atoms with Crippen molar-refractivity contribution >= 4 is 99.0 Å². The Morgan fingerprint density at radius 2 is 0.672 bits per heavy atom. The average Bonchev–Trinajstić information content (AvgIpc) is 3.68. The van der Waals surface area contributed by atoms with Gasteiger partial charge in [-0.05, 0) is 152 Å². The lowest BCUT2D eigenvalue weighted by molar-refractivity contribution is 1.18. The van der Waals surface area contributed by atoms with Gasteiger partial charge in [-0.15, -0.1) is 0 Å². The molecule has 12 rings (SSSR count). The molecule has 0 spiro atoms. The van der Waals surface area contributed by atoms with E-state index in [1.165, 1.54) is 64.9 Å². The summed E-state index contributed by atoms with van der Waals surface area (Å²) < 4.78 is 2.41. The highest BCUT2D eigenvalue weighted by molar-refractivity contribution is 6.31. The van der Waals surface area contributed by atoms with E-state index in [2.05, 4.69) is 251 Å². The van der Waals surface area contributed by atoms with E-state index in [-0.39, 0.29) is 0 Å². The first-order valence-corrected chi connectivity index (χ1v) is 20.9. The third kappa shape index (κ3) is 5.74. The third-order valence-electron chi connectivity index (χ3n) is 12.3. The molecule has 61 heavy (non-hydrogen) atoms. The number of hydrogen-bond donors (Lipinski definition) is 0. The van der Waals surface area contributed by atoms with Crippen LogP contribution < -0.4 is 9.80 Å². The summed E-state index contributed by atoms with van der Waals surface area (Å²) in [5.74, 6) is 0. The summed E-state index contributed by atoms with van der Waals surface area (Å²) in [7, 11) is 0. The van der Waals surface area contributed by atoms with Crippen molar-refractivity contribution in [1.82, 2.24) is 4.57 Å². The van der Waals surface area contributed by atoms with Gasteiger partial charge in [0.05, 0.1) is 11.0 Å². The zero-order chi connectivity index (χ0) is 40.3. The minimum Gasteiger partial charge on any atom is -0.310 e. The molecule has 286 valence electrons. The fourth-order valence-electron chi connectivity index (χ4n) is 9.60. The van der Waals surface area contributed by atoms with E-state index >= 15 is 0 Å². The summed E-state index contributed by atoms with van der Waals surface area (Å²) in [5.41, 5.74) is 10.2. The Morgan fingerprint density at radius 1 is 0.246 bits per heavy atom. The van der Waals surface area contributed by atoms with Crippen LogP contribution in [-0.2, 0) is 0 Å². The van der Waals surface area contributed by atoms with Crippen LogP contribution in [0.3, 0.4) is 0 Å². The zero-order valence-corrected chi connectivity index (χ0v) is 33.4. The molecule has 0 amide bonds.